The summed E-state index contributed by atoms with van der Waals surface area (Å²) in [6.07, 6.45) is 0. The number of carbonyl (C=O) groups excluding carboxylic acids is 1. The van der Waals surface area contributed by atoms with E-state index in [0.29, 0.717) is 0 Å². The molecule has 0 saturated carbocycles. The van der Waals surface area contributed by atoms with Crippen LogP contribution in [0.1, 0.15) is 10.4 Å². The van der Waals surface area contributed by atoms with Crippen LogP contribution in [0.4, 0.5) is 0 Å². The van der Waals surface area contributed by atoms with Gasteiger partial charge in [0.1, 0.15) is 6.54 Å². The van der Waals surface area contributed by atoms with Crippen LogP contribution in [0.5, 0.6) is 0 Å². The molecule has 0 bridgehead atoms. The van der Waals surface area contributed by atoms with E-state index in [1.807, 2.05) is 0 Å². The predicted molar refractivity (Wildman–Crippen MR) is 63.2 cm³/mol. The second-order valence-corrected chi connectivity index (χ2v) is 4.75. The Labute approximate surface area is 110 Å². The summed E-state index contributed by atoms with van der Waals surface area (Å²) in [5.74, 6) is -1.76. The van der Waals surface area contributed by atoms with E-state index in [9.17, 15) is 18.4 Å². The van der Waals surface area contributed by atoms with Crippen LogP contribution < -0.4 is 0 Å². The average molecular weight is 291 g/mol. The van der Waals surface area contributed by atoms with Gasteiger partial charge in [0.05, 0.1) is 5.02 Å². The first kappa shape index (κ1) is 14.6. The summed E-state index contributed by atoms with van der Waals surface area (Å²) in [6.45, 7) is -0.475. The van der Waals surface area contributed by atoms with Gasteiger partial charge in [0, 0.05) is 17.5 Å². The van der Waals surface area contributed by atoms with Crippen molar-refractivity contribution < 1.29 is 23.5 Å². The highest BCUT2D eigenvalue weighted by Crippen LogP contribution is 2.21. The van der Waals surface area contributed by atoms with Crippen LogP contribution in [-0.2, 0) is 15.9 Å². The standard InChI is InChI=1S/C10H10ClNO5S/c1-12(5-9(13)14)10(15)6-2-3-7(11)8(4-6)18(16)17/h2-4H,5H2,1H3,(H,13,14)(H,16,17)/p-1. The Bertz CT molecular complexity index is 519. The number of carboxylic acid groups (broad SMARTS) is 1. The molecule has 0 radical (unpaired) electrons. The lowest BCUT2D eigenvalue weighted by Gasteiger charge is -2.16. The smallest absolute Gasteiger partial charge is 0.323 e. The van der Waals surface area contributed by atoms with Crippen molar-refractivity contribution in [3.63, 3.8) is 0 Å². The van der Waals surface area contributed by atoms with Crippen molar-refractivity contribution >= 4 is 34.6 Å². The molecule has 8 heteroatoms. The van der Waals surface area contributed by atoms with Crippen molar-refractivity contribution in [3.8, 4) is 0 Å². The van der Waals surface area contributed by atoms with E-state index in [4.69, 9.17) is 16.7 Å². The van der Waals surface area contributed by atoms with Crippen molar-refractivity contribution in [2.24, 2.45) is 0 Å². The summed E-state index contributed by atoms with van der Waals surface area (Å²) in [6, 6.07) is 3.71. The molecule has 1 aromatic rings. The van der Waals surface area contributed by atoms with Crippen molar-refractivity contribution in [2.45, 2.75) is 4.90 Å². The third-order valence-electron chi connectivity index (χ3n) is 2.08. The number of aliphatic carboxylic acids is 1. The molecule has 1 unspecified atom stereocenters. The Kier molecular flexibility index (Phi) is 4.83. The third-order valence-corrected chi connectivity index (χ3v) is 3.22. The molecule has 98 valence electrons. The molecule has 0 spiro atoms. The molecule has 1 atom stereocenters. The zero-order valence-electron chi connectivity index (χ0n) is 9.25. The first-order valence-electron chi connectivity index (χ1n) is 4.69. The molecule has 0 saturated heterocycles. The van der Waals surface area contributed by atoms with Crippen LogP contribution in [0.25, 0.3) is 0 Å². The van der Waals surface area contributed by atoms with Crippen molar-refractivity contribution in [1.29, 1.82) is 0 Å². The molecular weight excluding hydrogens is 282 g/mol. The van der Waals surface area contributed by atoms with E-state index < -0.39 is 29.5 Å². The molecular formula is C10H9ClNO5S-. The lowest BCUT2D eigenvalue weighted by atomic mass is 10.2. The molecule has 6 nitrogen and oxygen atoms in total. The second-order valence-electron chi connectivity index (χ2n) is 3.43. The SMILES string of the molecule is CN(CC(=O)O)C(=O)c1ccc(Cl)c(S(=O)[O-])c1. The fraction of sp³-hybridized carbons (Fsp3) is 0.200. The summed E-state index contributed by atoms with van der Waals surface area (Å²) < 4.78 is 21.7. The van der Waals surface area contributed by atoms with Gasteiger partial charge in [0.2, 0.25) is 0 Å². The van der Waals surface area contributed by atoms with Gasteiger partial charge in [0.15, 0.2) is 0 Å². The van der Waals surface area contributed by atoms with Gasteiger partial charge >= 0.3 is 5.97 Å². The zero-order valence-corrected chi connectivity index (χ0v) is 10.8. The summed E-state index contributed by atoms with van der Waals surface area (Å²) in [5, 5.41) is 8.55. The molecule has 0 aromatic heterocycles. The Morgan fingerprint density at radius 3 is 2.61 bits per heavy atom. The van der Waals surface area contributed by atoms with E-state index >= 15 is 0 Å². The zero-order chi connectivity index (χ0) is 13.9. The largest absolute Gasteiger partial charge is 0.768 e. The number of hydrogen-bond acceptors (Lipinski definition) is 4. The minimum absolute atomic E-state index is 0.000714. The predicted octanol–water partition coefficient (Wildman–Crippen LogP) is 0.735. The quantitative estimate of drug-likeness (QED) is 0.825. The van der Waals surface area contributed by atoms with Crippen LogP contribution in [0.15, 0.2) is 23.1 Å². The molecule has 0 aliphatic heterocycles. The molecule has 18 heavy (non-hydrogen) atoms. The number of rotatable bonds is 4. The molecule has 1 N–H and O–H groups in total. The van der Waals surface area contributed by atoms with Gasteiger partial charge in [-0.2, -0.15) is 0 Å². The van der Waals surface area contributed by atoms with Gasteiger partial charge < -0.3 is 14.6 Å². The average Bonchev–Trinajstić information content (AvgIpc) is 2.27. The molecule has 0 heterocycles. The molecule has 0 fully saturated rings. The van der Waals surface area contributed by atoms with Crippen LogP contribution in [0, 0.1) is 0 Å². The fourth-order valence-electron chi connectivity index (χ4n) is 1.26. The minimum atomic E-state index is -2.56. The van der Waals surface area contributed by atoms with Crippen LogP contribution in [-0.4, -0.2) is 44.2 Å². The van der Waals surface area contributed by atoms with Gasteiger partial charge in [-0.05, 0) is 29.3 Å². The third kappa shape index (κ3) is 3.52. The summed E-state index contributed by atoms with van der Waals surface area (Å²) in [5.41, 5.74) is 0.0577. The number of halogens is 1. The Hall–Kier alpha value is -1.44. The molecule has 0 aliphatic carbocycles. The number of hydrogen-bond donors (Lipinski definition) is 1. The van der Waals surface area contributed by atoms with Crippen molar-refractivity contribution in [3.05, 3.63) is 28.8 Å². The highest BCUT2D eigenvalue weighted by atomic mass is 35.5. The summed E-state index contributed by atoms with van der Waals surface area (Å²) >= 11 is 3.09. The number of likely N-dealkylation sites (N-methyl/N-ethyl adjacent to an activating group) is 1. The molecule has 1 amide bonds. The summed E-state index contributed by atoms with van der Waals surface area (Å²) in [4.78, 5) is 23.0. The normalized spacial score (nSPS) is 11.9. The number of amides is 1. The monoisotopic (exact) mass is 290 g/mol. The number of nitrogens with zero attached hydrogens (tertiary/aromatic N) is 1. The Morgan fingerprint density at radius 1 is 1.50 bits per heavy atom. The lowest BCUT2D eigenvalue weighted by molar-refractivity contribution is -0.137. The topological polar surface area (TPSA) is 97.7 Å². The number of carboxylic acids is 1. The molecule has 1 aromatic carbocycles. The first-order chi connectivity index (χ1) is 8.32. The van der Waals surface area contributed by atoms with Crippen LogP contribution in [0.3, 0.4) is 0 Å². The number of benzene rings is 1. The highest BCUT2D eigenvalue weighted by molar-refractivity contribution is 7.79. The first-order valence-corrected chi connectivity index (χ1v) is 6.14. The van der Waals surface area contributed by atoms with Gasteiger partial charge in [-0.1, -0.05) is 11.6 Å². The van der Waals surface area contributed by atoms with Crippen LogP contribution >= 0.6 is 11.6 Å². The summed E-state index contributed by atoms with van der Waals surface area (Å²) in [7, 11) is 1.30. The highest BCUT2D eigenvalue weighted by Gasteiger charge is 2.15. The Balaban J connectivity index is 3.03. The maximum Gasteiger partial charge on any atom is 0.323 e. The second kappa shape index (κ2) is 5.94. The maximum atomic E-state index is 11.8. The van der Waals surface area contributed by atoms with E-state index in [1.54, 1.807) is 0 Å². The van der Waals surface area contributed by atoms with Crippen LogP contribution in [0.2, 0.25) is 5.02 Å². The lowest BCUT2D eigenvalue weighted by Crippen LogP contribution is -2.31. The van der Waals surface area contributed by atoms with Gasteiger partial charge in [-0.15, -0.1) is 0 Å². The van der Waals surface area contributed by atoms with E-state index in [2.05, 4.69) is 0 Å². The van der Waals surface area contributed by atoms with Gasteiger partial charge in [-0.3, -0.25) is 13.8 Å². The van der Waals surface area contributed by atoms with Crippen molar-refractivity contribution in [1.82, 2.24) is 4.90 Å². The maximum absolute atomic E-state index is 11.8. The van der Waals surface area contributed by atoms with Gasteiger partial charge in [0.25, 0.3) is 5.91 Å². The molecule has 1 rings (SSSR count). The number of carbonyl (C=O) groups is 2. The van der Waals surface area contributed by atoms with Crippen molar-refractivity contribution in [2.75, 3.05) is 13.6 Å². The van der Waals surface area contributed by atoms with E-state index in [1.165, 1.54) is 19.2 Å². The fourth-order valence-corrected chi connectivity index (χ4v) is 2.02. The Morgan fingerprint density at radius 2 is 2.11 bits per heavy atom. The van der Waals surface area contributed by atoms with E-state index in [0.717, 1.165) is 11.0 Å². The van der Waals surface area contributed by atoms with E-state index in [-0.39, 0.29) is 15.5 Å². The minimum Gasteiger partial charge on any atom is -0.768 e. The molecule has 0 aliphatic rings. The van der Waals surface area contributed by atoms with Gasteiger partial charge in [-0.25, -0.2) is 0 Å².